The highest BCUT2D eigenvalue weighted by Gasteiger charge is 2.41. The number of fused-ring (bicyclic) bond motifs is 1. The molecule has 2 N–H and O–H groups in total. The summed E-state index contributed by atoms with van der Waals surface area (Å²) in [6.07, 6.45) is 9.84. The highest BCUT2D eigenvalue weighted by molar-refractivity contribution is 6.06. The highest BCUT2D eigenvalue weighted by atomic mass is 16.5. The number of nitrogens with one attached hydrogen (secondary N) is 2. The Kier molecular flexibility index (Phi) is 5.54. The van der Waals surface area contributed by atoms with Crippen LogP contribution in [0.3, 0.4) is 0 Å². The second-order valence-electron chi connectivity index (χ2n) is 9.96. The van der Waals surface area contributed by atoms with Gasteiger partial charge in [0, 0.05) is 57.5 Å². The van der Waals surface area contributed by atoms with Crippen LogP contribution in [0, 0.1) is 5.92 Å². The summed E-state index contributed by atoms with van der Waals surface area (Å²) < 4.78 is 5.49. The van der Waals surface area contributed by atoms with Gasteiger partial charge in [-0.05, 0) is 44.4 Å². The van der Waals surface area contributed by atoms with Gasteiger partial charge in [0.15, 0.2) is 5.65 Å². The zero-order valence-electron chi connectivity index (χ0n) is 19.0. The van der Waals surface area contributed by atoms with E-state index in [0.29, 0.717) is 28.7 Å². The van der Waals surface area contributed by atoms with E-state index >= 15 is 0 Å². The molecule has 176 valence electrons. The Hall–Kier alpha value is -2.52. The number of amides is 2. The summed E-state index contributed by atoms with van der Waals surface area (Å²) in [5.74, 6) is 0.512. The molecule has 2 saturated carbocycles. The fraction of sp³-hybridized carbons (Fsp3) is 0.667. The summed E-state index contributed by atoms with van der Waals surface area (Å²) in [5.41, 5.74) is 2.64. The van der Waals surface area contributed by atoms with Gasteiger partial charge in [-0.1, -0.05) is 0 Å². The quantitative estimate of drug-likeness (QED) is 0.691. The van der Waals surface area contributed by atoms with Gasteiger partial charge in [-0.25, -0.2) is 9.97 Å². The van der Waals surface area contributed by atoms with Gasteiger partial charge < -0.3 is 19.9 Å². The first-order valence-corrected chi connectivity index (χ1v) is 12.4. The van der Waals surface area contributed by atoms with Crippen molar-refractivity contribution in [2.45, 2.75) is 56.5 Å². The molecule has 2 aliphatic carbocycles. The average molecular weight is 453 g/mol. The number of carbonyl (C=O) groups excluding carboxylic acids is 2. The molecule has 0 aromatic carbocycles. The predicted octanol–water partition coefficient (Wildman–Crippen LogP) is 1.67. The van der Waals surface area contributed by atoms with Crippen molar-refractivity contribution in [1.82, 2.24) is 30.1 Å². The second-order valence-corrected chi connectivity index (χ2v) is 9.96. The van der Waals surface area contributed by atoms with E-state index in [0.717, 1.165) is 83.6 Å². The fourth-order valence-corrected chi connectivity index (χ4v) is 5.24. The van der Waals surface area contributed by atoms with Crippen molar-refractivity contribution in [2.24, 2.45) is 5.92 Å². The first kappa shape index (κ1) is 21.0. The van der Waals surface area contributed by atoms with Gasteiger partial charge in [0.1, 0.15) is 11.6 Å². The number of aromatic amines is 1. The third-order valence-electron chi connectivity index (χ3n) is 7.62. The van der Waals surface area contributed by atoms with Gasteiger partial charge in [0.2, 0.25) is 5.91 Å². The van der Waals surface area contributed by atoms with Crippen LogP contribution in [0.1, 0.15) is 60.5 Å². The fourth-order valence-electron chi connectivity index (χ4n) is 5.24. The molecule has 2 aromatic heterocycles. The molecule has 1 atom stereocenters. The van der Waals surface area contributed by atoms with Crippen molar-refractivity contribution in [3.63, 3.8) is 0 Å². The van der Waals surface area contributed by atoms with Crippen molar-refractivity contribution in [2.75, 3.05) is 39.4 Å². The van der Waals surface area contributed by atoms with Crippen LogP contribution in [0.25, 0.3) is 11.2 Å². The summed E-state index contributed by atoms with van der Waals surface area (Å²) in [4.78, 5) is 43.3. The Balaban J connectivity index is 1.12. The molecule has 9 nitrogen and oxygen atoms in total. The second kappa shape index (κ2) is 8.68. The molecule has 2 amide bonds. The number of rotatable bonds is 6. The van der Waals surface area contributed by atoms with Crippen LogP contribution in [0.2, 0.25) is 0 Å². The van der Waals surface area contributed by atoms with E-state index in [-0.39, 0.29) is 17.7 Å². The maximum atomic E-state index is 13.4. The summed E-state index contributed by atoms with van der Waals surface area (Å²) in [6, 6.07) is 0.107. The number of hydrogen-bond donors (Lipinski definition) is 2. The molecule has 0 spiro atoms. The number of H-pyrrole nitrogens is 1. The van der Waals surface area contributed by atoms with Gasteiger partial charge in [-0.15, -0.1) is 0 Å². The lowest BCUT2D eigenvalue weighted by molar-refractivity contribution is -0.136. The summed E-state index contributed by atoms with van der Waals surface area (Å²) >= 11 is 0. The van der Waals surface area contributed by atoms with E-state index in [4.69, 9.17) is 9.72 Å². The lowest BCUT2D eigenvalue weighted by atomic mass is 10.1. The highest BCUT2D eigenvalue weighted by Crippen LogP contribution is 2.39. The van der Waals surface area contributed by atoms with E-state index in [2.05, 4.69) is 20.2 Å². The molecule has 9 heteroatoms. The minimum atomic E-state index is -0.461. The third kappa shape index (κ3) is 4.36. The minimum absolute atomic E-state index is 0.0575. The van der Waals surface area contributed by atoms with Crippen LogP contribution in [-0.4, -0.2) is 88.0 Å². The van der Waals surface area contributed by atoms with E-state index in [1.54, 1.807) is 12.4 Å². The van der Waals surface area contributed by atoms with Crippen molar-refractivity contribution >= 4 is 23.0 Å². The van der Waals surface area contributed by atoms with Crippen molar-refractivity contribution in [1.29, 1.82) is 0 Å². The summed E-state index contributed by atoms with van der Waals surface area (Å²) in [7, 11) is 0. The Morgan fingerprint density at radius 1 is 1.06 bits per heavy atom. The number of hydrogen-bond acceptors (Lipinski definition) is 6. The van der Waals surface area contributed by atoms with Gasteiger partial charge in [0.25, 0.3) is 5.91 Å². The SMILES string of the molecule is O=C(N[C@@H](C(=O)N1CCN(C2CCOCC2)CC1)C1CC1)c1c[nH]c2ncc(C3CC3)nc12. The number of nitrogens with zero attached hydrogens (tertiary/aromatic N) is 4. The van der Waals surface area contributed by atoms with Gasteiger partial charge >= 0.3 is 0 Å². The van der Waals surface area contributed by atoms with Crippen molar-refractivity contribution in [3.05, 3.63) is 23.7 Å². The van der Waals surface area contributed by atoms with Gasteiger partial charge in [0.05, 0.1) is 17.5 Å². The van der Waals surface area contributed by atoms with Crippen LogP contribution in [0.4, 0.5) is 0 Å². The topological polar surface area (TPSA) is 103 Å². The first-order chi connectivity index (χ1) is 16.2. The Morgan fingerprint density at radius 3 is 2.52 bits per heavy atom. The molecule has 4 aliphatic rings. The van der Waals surface area contributed by atoms with Crippen LogP contribution < -0.4 is 5.32 Å². The summed E-state index contributed by atoms with van der Waals surface area (Å²) in [5, 5.41) is 3.06. The molecule has 0 radical (unpaired) electrons. The summed E-state index contributed by atoms with van der Waals surface area (Å²) in [6.45, 7) is 4.89. The molecule has 0 bridgehead atoms. The largest absolute Gasteiger partial charge is 0.381 e. The van der Waals surface area contributed by atoms with Crippen molar-refractivity contribution < 1.29 is 14.3 Å². The Morgan fingerprint density at radius 2 is 1.82 bits per heavy atom. The van der Waals surface area contributed by atoms with Crippen LogP contribution in [0.15, 0.2) is 12.4 Å². The minimum Gasteiger partial charge on any atom is -0.381 e. The van der Waals surface area contributed by atoms with E-state index < -0.39 is 6.04 Å². The smallest absolute Gasteiger partial charge is 0.255 e. The zero-order chi connectivity index (χ0) is 22.4. The Bertz CT molecular complexity index is 1030. The zero-order valence-corrected chi connectivity index (χ0v) is 19.0. The predicted molar refractivity (Wildman–Crippen MR) is 122 cm³/mol. The number of carbonyl (C=O) groups is 2. The molecule has 2 aromatic rings. The van der Waals surface area contributed by atoms with Crippen LogP contribution in [-0.2, 0) is 9.53 Å². The van der Waals surface area contributed by atoms with Gasteiger partial charge in [-0.3, -0.25) is 14.5 Å². The lowest BCUT2D eigenvalue weighted by Crippen LogP contribution is -2.57. The normalized spacial score (nSPS) is 23.6. The standard InChI is InChI=1S/C24H32N6O3/c31-23(18-13-25-22-21(18)27-19(14-26-22)15-1-2-15)28-20(16-3-4-16)24(32)30-9-7-29(8-10-30)17-5-11-33-12-6-17/h13-17,20H,1-12H2,(H,25,26)(H,28,31)/t20-/m1/s1. The molecule has 2 aliphatic heterocycles. The molecule has 2 saturated heterocycles. The maximum Gasteiger partial charge on any atom is 0.255 e. The van der Waals surface area contributed by atoms with Crippen molar-refractivity contribution in [3.8, 4) is 0 Å². The molecular formula is C24H32N6O3. The first-order valence-electron chi connectivity index (χ1n) is 12.4. The molecule has 6 rings (SSSR count). The molecule has 0 unspecified atom stereocenters. The van der Waals surface area contributed by atoms with E-state index in [1.807, 2.05) is 4.90 Å². The number of aromatic nitrogens is 3. The maximum absolute atomic E-state index is 13.4. The average Bonchev–Trinajstić information content (AvgIpc) is 3.79. The van der Waals surface area contributed by atoms with Crippen LogP contribution in [0.5, 0.6) is 0 Å². The molecular weight excluding hydrogens is 420 g/mol. The number of ether oxygens (including phenoxy) is 1. The Labute approximate surface area is 193 Å². The van der Waals surface area contributed by atoms with E-state index in [1.165, 1.54) is 0 Å². The molecule has 33 heavy (non-hydrogen) atoms. The van der Waals surface area contributed by atoms with Gasteiger partial charge in [-0.2, -0.15) is 0 Å². The van der Waals surface area contributed by atoms with E-state index in [9.17, 15) is 9.59 Å². The molecule has 4 heterocycles. The molecule has 4 fully saturated rings. The lowest BCUT2D eigenvalue weighted by Gasteiger charge is -2.41. The number of piperazine rings is 1. The van der Waals surface area contributed by atoms with Crippen LogP contribution >= 0.6 is 0 Å². The monoisotopic (exact) mass is 452 g/mol. The third-order valence-corrected chi connectivity index (χ3v) is 7.62.